The summed E-state index contributed by atoms with van der Waals surface area (Å²) in [5, 5.41) is 21.0. The van der Waals surface area contributed by atoms with Gasteiger partial charge < -0.3 is 9.52 Å². The van der Waals surface area contributed by atoms with E-state index in [-0.39, 0.29) is 21.3 Å². The van der Waals surface area contributed by atoms with Gasteiger partial charge >= 0.3 is 5.97 Å². The first-order valence-corrected chi connectivity index (χ1v) is 11.4. The minimum absolute atomic E-state index is 0.0190. The molecule has 0 saturated carbocycles. The molecule has 1 aromatic heterocycles. The first-order chi connectivity index (χ1) is 16.2. The number of aliphatic carboxylic acids is 1. The highest BCUT2D eigenvalue weighted by Gasteiger charge is 2.40. The summed E-state index contributed by atoms with van der Waals surface area (Å²) < 4.78 is 5.94. The van der Waals surface area contributed by atoms with Crippen LogP contribution in [0.2, 0.25) is 0 Å². The van der Waals surface area contributed by atoms with Crippen LogP contribution < -0.4 is 0 Å². The van der Waals surface area contributed by atoms with E-state index in [1.54, 1.807) is 55.5 Å². The number of nitro groups is 1. The lowest BCUT2D eigenvalue weighted by Crippen LogP contribution is -2.45. The van der Waals surface area contributed by atoms with Gasteiger partial charge in [0.15, 0.2) is 0 Å². The smallest absolute Gasteiger partial charge is 0.327 e. The molecule has 1 atom stereocenters. The fourth-order valence-corrected chi connectivity index (χ4v) is 4.89. The number of nitro benzene ring substituents is 1. The SMILES string of the molecule is Cc1ccc(-c2ccc(/C=C3\SC(=S)N([C@@H](Cc4ccccc4)C(=O)O)C3=O)o2)cc1[N+](=O)[O-]. The van der Waals surface area contributed by atoms with Gasteiger partial charge in [0.25, 0.3) is 11.6 Å². The number of furan rings is 1. The van der Waals surface area contributed by atoms with Crippen molar-refractivity contribution < 1.29 is 24.0 Å². The maximum atomic E-state index is 13.1. The van der Waals surface area contributed by atoms with Gasteiger partial charge in [-0.05, 0) is 24.6 Å². The Hall–Kier alpha value is -3.76. The van der Waals surface area contributed by atoms with E-state index >= 15 is 0 Å². The Labute approximate surface area is 204 Å². The molecule has 2 heterocycles. The van der Waals surface area contributed by atoms with Gasteiger partial charge in [-0.15, -0.1) is 0 Å². The Morgan fingerprint density at radius 2 is 1.97 bits per heavy atom. The Morgan fingerprint density at radius 1 is 1.24 bits per heavy atom. The summed E-state index contributed by atoms with van der Waals surface area (Å²) in [5.74, 6) is -0.920. The molecule has 1 aliphatic rings. The van der Waals surface area contributed by atoms with E-state index in [4.69, 9.17) is 16.6 Å². The van der Waals surface area contributed by atoms with E-state index in [0.717, 1.165) is 22.2 Å². The number of carboxylic acid groups (broad SMARTS) is 1. The summed E-state index contributed by atoms with van der Waals surface area (Å²) in [4.78, 5) is 37.1. The quantitative estimate of drug-likeness (QED) is 0.210. The fourth-order valence-electron chi connectivity index (χ4n) is 3.55. The summed E-state index contributed by atoms with van der Waals surface area (Å²) in [7, 11) is 0. The molecule has 0 radical (unpaired) electrons. The molecule has 4 rings (SSSR count). The number of rotatable bonds is 7. The number of carbonyl (C=O) groups excluding carboxylic acids is 1. The second kappa shape index (κ2) is 9.62. The fraction of sp³-hybridized carbons (Fsp3) is 0.125. The maximum Gasteiger partial charge on any atom is 0.327 e. The largest absolute Gasteiger partial charge is 0.480 e. The van der Waals surface area contributed by atoms with E-state index in [9.17, 15) is 24.8 Å². The zero-order valence-corrected chi connectivity index (χ0v) is 19.5. The second-order valence-electron chi connectivity index (χ2n) is 7.56. The van der Waals surface area contributed by atoms with Crippen molar-refractivity contribution in [1.82, 2.24) is 4.90 Å². The number of nitrogens with zero attached hydrogens (tertiary/aromatic N) is 2. The molecule has 0 bridgehead atoms. The van der Waals surface area contributed by atoms with Crippen molar-refractivity contribution in [2.45, 2.75) is 19.4 Å². The number of benzene rings is 2. The third kappa shape index (κ3) is 4.78. The maximum absolute atomic E-state index is 13.1. The van der Waals surface area contributed by atoms with Crippen LogP contribution in [0.15, 0.2) is 70.0 Å². The van der Waals surface area contributed by atoms with Crippen molar-refractivity contribution in [3.05, 3.63) is 92.6 Å². The van der Waals surface area contributed by atoms with Crippen LogP contribution in [-0.2, 0) is 16.0 Å². The zero-order chi connectivity index (χ0) is 24.4. The van der Waals surface area contributed by atoms with Gasteiger partial charge in [-0.3, -0.25) is 19.8 Å². The molecule has 10 heteroatoms. The number of carboxylic acids is 1. The Balaban J connectivity index is 1.58. The molecule has 8 nitrogen and oxygen atoms in total. The summed E-state index contributed by atoms with van der Waals surface area (Å²) in [5.41, 5.74) is 1.82. The van der Waals surface area contributed by atoms with Crippen molar-refractivity contribution in [3.63, 3.8) is 0 Å². The van der Waals surface area contributed by atoms with Crippen LogP contribution in [0.25, 0.3) is 17.4 Å². The molecular formula is C24H18N2O6S2. The number of thioether (sulfide) groups is 1. The van der Waals surface area contributed by atoms with Crippen molar-refractivity contribution in [3.8, 4) is 11.3 Å². The van der Waals surface area contributed by atoms with Crippen LogP contribution in [0.1, 0.15) is 16.9 Å². The lowest BCUT2D eigenvalue weighted by Gasteiger charge is -2.23. The highest BCUT2D eigenvalue weighted by Crippen LogP contribution is 2.36. The average molecular weight is 495 g/mol. The van der Waals surface area contributed by atoms with Gasteiger partial charge in [0, 0.05) is 29.7 Å². The number of thiocarbonyl (C=S) groups is 1. The molecule has 3 aromatic rings. The second-order valence-corrected chi connectivity index (χ2v) is 9.23. The van der Waals surface area contributed by atoms with Crippen molar-refractivity contribution in [2.24, 2.45) is 0 Å². The van der Waals surface area contributed by atoms with Crippen LogP contribution >= 0.6 is 24.0 Å². The third-order valence-corrected chi connectivity index (χ3v) is 6.61. The van der Waals surface area contributed by atoms with Crippen molar-refractivity contribution in [1.29, 1.82) is 0 Å². The van der Waals surface area contributed by atoms with Crippen LogP contribution in [0.3, 0.4) is 0 Å². The number of hydrogen-bond acceptors (Lipinski definition) is 7. The summed E-state index contributed by atoms with van der Waals surface area (Å²) in [6, 6.07) is 15.9. The zero-order valence-electron chi connectivity index (χ0n) is 17.8. The summed E-state index contributed by atoms with van der Waals surface area (Å²) >= 11 is 6.33. The Bertz CT molecular complexity index is 1330. The molecule has 34 heavy (non-hydrogen) atoms. The van der Waals surface area contributed by atoms with Crippen LogP contribution in [0, 0.1) is 17.0 Å². The molecule has 2 aromatic carbocycles. The average Bonchev–Trinajstić information content (AvgIpc) is 3.37. The highest BCUT2D eigenvalue weighted by molar-refractivity contribution is 8.26. The van der Waals surface area contributed by atoms with Crippen LogP contribution in [-0.4, -0.2) is 37.2 Å². The van der Waals surface area contributed by atoms with Crippen LogP contribution in [0.4, 0.5) is 5.69 Å². The molecule has 1 amide bonds. The topological polar surface area (TPSA) is 114 Å². The molecule has 0 aliphatic carbocycles. The predicted octanol–water partition coefficient (Wildman–Crippen LogP) is 5.06. The normalized spacial score (nSPS) is 15.7. The minimum atomic E-state index is -1.15. The number of amides is 1. The molecule has 0 unspecified atom stereocenters. The monoisotopic (exact) mass is 494 g/mol. The predicted molar refractivity (Wildman–Crippen MR) is 132 cm³/mol. The van der Waals surface area contributed by atoms with E-state index in [0.29, 0.717) is 22.6 Å². The first-order valence-electron chi connectivity index (χ1n) is 10.1. The minimum Gasteiger partial charge on any atom is -0.480 e. The lowest BCUT2D eigenvalue weighted by atomic mass is 10.0. The molecular weight excluding hydrogens is 476 g/mol. The molecule has 0 spiro atoms. The highest BCUT2D eigenvalue weighted by atomic mass is 32.2. The molecule has 1 saturated heterocycles. The number of carbonyl (C=O) groups is 2. The van der Waals surface area contributed by atoms with Gasteiger partial charge in [0.1, 0.15) is 21.9 Å². The Morgan fingerprint density at radius 3 is 2.65 bits per heavy atom. The number of aryl methyl sites for hydroxylation is 1. The Kier molecular flexibility index (Phi) is 6.62. The molecule has 1 N–H and O–H groups in total. The van der Waals surface area contributed by atoms with E-state index < -0.39 is 22.8 Å². The van der Waals surface area contributed by atoms with Gasteiger partial charge in [-0.1, -0.05) is 66.4 Å². The van der Waals surface area contributed by atoms with Crippen LogP contribution in [0.5, 0.6) is 0 Å². The third-order valence-electron chi connectivity index (χ3n) is 5.28. The van der Waals surface area contributed by atoms with Gasteiger partial charge in [0.2, 0.25) is 0 Å². The lowest BCUT2D eigenvalue weighted by molar-refractivity contribution is -0.385. The first kappa shape index (κ1) is 23.4. The van der Waals surface area contributed by atoms with Crippen molar-refractivity contribution in [2.75, 3.05) is 0 Å². The molecule has 172 valence electrons. The van der Waals surface area contributed by atoms with Gasteiger partial charge in [-0.25, -0.2) is 4.79 Å². The number of hydrogen-bond donors (Lipinski definition) is 1. The standard InChI is InChI=1S/C24H18N2O6S2/c1-14-7-8-16(12-18(14)26(30)31)20-10-9-17(32-20)13-21-22(27)25(24(33)34-21)19(23(28)29)11-15-5-3-2-4-6-15/h2-10,12-13,19H,11H2,1H3,(H,28,29)/b21-13-/t19-/m0/s1. The molecule has 1 aliphatic heterocycles. The summed E-state index contributed by atoms with van der Waals surface area (Å²) in [6.07, 6.45) is 1.61. The van der Waals surface area contributed by atoms with Gasteiger partial charge in [0.05, 0.1) is 9.83 Å². The van der Waals surface area contributed by atoms with Gasteiger partial charge in [-0.2, -0.15) is 0 Å². The van der Waals surface area contributed by atoms with E-state index in [2.05, 4.69) is 0 Å². The summed E-state index contributed by atoms with van der Waals surface area (Å²) in [6.45, 7) is 1.65. The van der Waals surface area contributed by atoms with E-state index in [1.807, 2.05) is 6.07 Å². The van der Waals surface area contributed by atoms with Crippen molar-refractivity contribution >= 4 is 51.9 Å². The molecule has 1 fully saturated rings. The van der Waals surface area contributed by atoms with E-state index in [1.165, 1.54) is 12.1 Å².